The van der Waals surface area contributed by atoms with E-state index in [4.69, 9.17) is 4.74 Å². The molecule has 2 aromatic carbocycles. The number of nitrogens with one attached hydrogen (secondary N) is 1. The Balaban J connectivity index is 1.36. The zero-order valence-corrected chi connectivity index (χ0v) is 15.6. The molecule has 30 heavy (non-hydrogen) atoms. The number of hydrogen-bond acceptors (Lipinski definition) is 7. The van der Waals surface area contributed by atoms with E-state index in [1.165, 1.54) is 24.3 Å². The van der Waals surface area contributed by atoms with Crippen molar-refractivity contribution in [3.63, 3.8) is 0 Å². The van der Waals surface area contributed by atoms with Crippen molar-refractivity contribution in [1.29, 1.82) is 0 Å². The predicted octanol–water partition coefficient (Wildman–Crippen LogP) is 2.51. The Hall–Kier alpha value is -4.34. The molecule has 0 saturated carbocycles. The molecule has 10 heteroatoms. The van der Waals surface area contributed by atoms with Gasteiger partial charge < -0.3 is 10.1 Å². The Kier molecular flexibility index (Phi) is 5.29. The first-order valence-electron chi connectivity index (χ1n) is 9.05. The smallest absolute Gasteiger partial charge is 0.269 e. The van der Waals surface area contributed by atoms with Crippen LogP contribution < -0.4 is 10.1 Å². The van der Waals surface area contributed by atoms with Crippen LogP contribution in [-0.2, 0) is 0 Å². The number of nitro groups is 1. The second-order valence-electron chi connectivity index (χ2n) is 6.24. The van der Waals surface area contributed by atoms with Gasteiger partial charge in [-0.1, -0.05) is 30.3 Å². The van der Waals surface area contributed by atoms with E-state index in [0.717, 1.165) is 5.56 Å². The minimum absolute atomic E-state index is 0.0692. The minimum atomic E-state index is -0.516. The second kappa shape index (κ2) is 8.35. The number of hydrogen-bond donors (Lipinski definition) is 1. The van der Waals surface area contributed by atoms with Crippen molar-refractivity contribution in [1.82, 2.24) is 25.1 Å². The summed E-state index contributed by atoms with van der Waals surface area (Å²) in [6.07, 6.45) is 0. The lowest BCUT2D eigenvalue weighted by Gasteiger charge is -2.08. The highest BCUT2D eigenvalue weighted by molar-refractivity contribution is 5.94. The quantitative estimate of drug-likeness (QED) is 0.285. The normalized spacial score (nSPS) is 10.7. The third-order valence-electron chi connectivity index (χ3n) is 4.25. The van der Waals surface area contributed by atoms with Crippen LogP contribution in [0.3, 0.4) is 0 Å². The first-order valence-corrected chi connectivity index (χ1v) is 9.05. The fourth-order valence-corrected chi connectivity index (χ4v) is 2.77. The van der Waals surface area contributed by atoms with Crippen LogP contribution in [0.25, 0.3) is 17.0 Å². The number of rotatable bonds is 7. The number of amides is 1. The average molecular weight is 404 g/mol. The molecule has 1 N–H and O–H groups in total. The van der Waals surface area contributed by atoms with Gasteiger partial charge in [-0.05, 0) is 18.2 Å². The van der Waals surface area contributed by atoms with Crippen LogP contribution in [0.2, 0.25) is 0 Å². The molecule has 2 aromatic heterocycles. The standard InChI is InChI=1S/C20H16N6O4/c27-20(15-6-8-16(9-7-15)26(28)29)21-12-13-30-18-11-10-17-22-23-19(25(17)24-18)14-4-2-1-3-5-14/h1-11H,12-13H2,(H,21,27). The molecule has 150 valence electrons. The summed E-state index contributed by atoms with van der Waals surface area (Å²) in [4.78, 5) is 22.3. The lowest BCUT2D eigenvalue weighted by atomic mass is 10.2. The number of carbonyl (C=O) groups is 1. The van der Waals surface area contributed by atoms with Crippen LogP contribution in [0.15, 0.2) is 66.7 Å². The third kappa shape index (κ3) is 4.07. The Morgan fingerprint density at radius 1 is 1.03 bits per heavy atom. The average Bonchev–Trinajstić information content (AvgIpc) is 3.20. The van der Waals surface area contributed by atoms with E-state index in [0.29, 0.717) is 22.9 Å². The van der Waals surface area contributed by atoms with Gasteiger partial charge in [-0.25, -0.2) is 0 Å². The molecular formula is C20H16N6O4. The van der Waals surface area contributed by atoms with Gasteiger partial charge in [0.05, 0.1) is 11.5 Å². The molecule has 0 spiro atoms. The van der Waals surface area contributed by atoms with Gasteiger partial charge in [0.25, 0.3) is 11.6 Å². The highest BCUT2D eigenvalue weighted by Crippen LogP contribution is 2.18. The highest BCUT2D eigenvalue weighted by Gasteiger charge is 2.11. The molecule has 4 rings (SSSR count). The molecule has 0 aliphatic rings. The lowest BCUT2D eigenvalue weighted by Crippen LogP contribution is -2.28. The van der Waals surface area contributed by atoms with Crippen LogP contribution in [-0.4, -0.2) is 43.8 Å². The minimum Gasteiger partial charge on any atom is -0.475 e. The summed E-state index contributed by atoms with van der Waals surface area (Å²) in [5.41, 5.74) is 1.73. The molecule has 0 unspecified atom stereocenters. The van der Waals surface area contributed by atoms with Gasteiger partial charge in [0.1, 0.15) is 6.61 Å². The van der Waals surface area contributed by atoms with Crippen LogP contribution in [0, 0.1) is 10.1 Å². The number of benzene rings is 2. The number of aromatic nitrogens is 4. The summed E-state index contributed by atoms with van der Waals surface area (Å²) in [6, 6.07) is 18.4. The molecule has 0 aliphatic carbocycles. The largest absolute Gasteiger partial charge is 0.475 e. The SMILES string of the molecule is O=C(NCCOc1ccc2nnc(-c3ccccc3)n2n1)c1ccc([N+](=O)[O-])cc1. The van der Waals surface area contributed by atoms with Gasteiger partial charge in [-0.15, -0.1) is 15.3 Å². The molecule has 0 atom stereocenters. The number of nitro benzene ring substituents is 1. The van der Waals surface area contributed by atoms with Crippen molar-refractivity contribution in [3.8, 4) is 17.3 Å². The topological polar surface area (TPSA) is 125 Å². The number of non-ortho nitro benzene ring substituents is 1. The summed E-state index contributed by atoms with van der Waals surface area (Å²) in [6.45, 7) is 0.434. The van der Waals surface area contributed by atoms with E-state index in [2.05, 4.69) is 20.6 Å². The molecule has 10 nitrogen and oxygen atoms in total. The number of ether oxygens (including phenoxy) is 1. The Labute approximate surface area is 170 Å². The maximum atomic E-state index is 12.1. The van der Waals surface area contributed by atoms with E-state index >= 15 is 0 Å². The molecule has 4 aromatic rings. The lowest BCUT2D eigenvalue weighted by molar-refractivity contribution is -0.384. The molecule has 0 radical (unpaired) electrons. The molecule has 0 saturated heterocycles. The van der Waals surface area contributed by atoms with Gasteiger partial charge in [0.2, 0.25) is 5.88 Å². The van der Waals surface area contributed by atoms with Crippen LogP contribution in [0.1, 0.15) is 10.4 Å². The van der Waals surface area contributed by atoms with E-state index in [-0.39, 0.29) is 24.7 Å². The maximum absolute atomic E-state index is 12.1. The van der Waals surface area contributed by atoms with Crippen LogP contribution in [0.4, 0.5) is 5.69 Å². The maximum Gasteiger partial charge on any atom is 0.269 e. The van der Waals surface area contributed by atoms with Gasteiger partial charge in [-0.3, -0.25) is 14.9 Å². The van der Waals surface area contributed by atoms with Crippen LogP contribution in [0.5, 0.6) is 5.88 Å². The molecule has 0 aliphatic heterocycles. The van der Waals surface area contributed by atoms with Crippen molar-refractivity contribution in [2.45, 2.75) is 0 Å². The van der Waals surface area contributed by atoms with Crippen molar-refractivity contribution in [2.75, 3.05) is 13.2 Å². The van der Waals surface area contributed by atoms with E-state index in [1.54, 1.807) is 16.6 Å². The Morgan fingerprint density at radius 2 is 1.80 bits per heavy atom. The Bertz CT molecular complexity index is 1190. The Morgan fingerprint density at radius 3 is 2.53 bits per heavy atom. The molecule has 2 heterocycles. The summed E-state index contributed by atoms with van der Waals surface area (Å²) >= 11 is 0. The summed E-state index contributed by atoms with van der Waals surface area (Å²) < 4.78 is 7.22. The zero-order chi connectivity index (χ0) is 20.9. The van der Waals surface area contributed by atoms with E-state index < -0.39 is 4.92 Å². The van der Waals surface area contributed by atoms with Crippen molar-refractivity contribution < 1.29 is 14.5 Å². The first-order chi connectivity index (χ1) is 14.6. The van der Waals surface area contributed by atoms with Gasteiger partial charge in [-0.2, -0.15) is 4.52 Å². The van der Waals surface area contributed by atoms with E-state index in [9.17, 15) is 14.9 Å². The van der Waals surface area contributed by atoms with E-state index in [1.807, 2.05) is 30.3 Å². The molecule has 1 amide bonds. The van der Waals surface area contributed by atoms with Crippen molar-refractivity contribution in [2.24, 2.45) is 0 Å². The molecule has 0 fully saturated rings. The number of nitrogens with zero attached hydrogens (tertiary/aromatic N) is 5. The third-order valence-corrected chi connectivity index (χ3v) is 4.25. The number of fused-ring (bicyclic) bond motifs is 1. The predicted molar refractivity (Wildman–Crippen MR) is 107 cm³/mol. The molecular weight excluding hydrogens is 388 g/mol. The van der Waals surface area contributed by atoms with Gasteiger partial charge in [0.15, 0.2) is 11.5 Å². The molecule has 0 bridgehead atoms. The van der Waals surface area contributed by atoms with Crippen molar-refractivity contribution >= 4 is 17.2 Å². The van der Waals surface area contributed by atoms with Crippen molar-refractivity contribution in [3.05, 3.63) is 82.4 Å². The zero-order valence-electron chi connectivity index (χ0n) is 15.6. The van der Waals surface area contributed by atoms with Gasteiger partial charge >= 0.3 is 0 Å². The number of carbonyl (C=O) groups excluding carboxylic acids is 1. The summed E-state index contributed by atoms with van der Waals surface area (Å²) in [5, 5.41) is 26.0. The second-order valence-corrected chi connectivity index (χ2v) is 6.24. The van der Waals surface area contributed by atoms with Crippen LogP contribution >= 0.6 is 0 Å². The monoisotopic (exact) mass is 404 g/mol. The first kappa shape index (κ1) is 19.0. The fraction of sp³-hybridized carbons (Fsp3) is 0.100. The van der Waals surface area contributed by atoms with Gasteiger partial charge in [0, 0.05) is 29.3 Å². The summed E-state index contributed by atoms with van der Waals surface area (Å²) in [7, 11) is 0. The fourth-order valence-electron chi connectivity index (χ4n) is 2.77. The highest BCUT2D eigenvalue weighted by atomic mass is 16.6. The summed E-state index contributed by atoms with van der Waals surface area (Å²) in [5.74, 6) is 0.619.